The molecule has 0 aliphatic rings. The fourth-order valence-corrected chi connectivity index (χ4v) is 5.92. The van der Waals surface area contributed by atoms with Gasteiger partial charge in [0.1, 0.15) is 19.8 Å². The number of hydrogen-bond acceptors (Lipinski definition) is 7. The highest BCUT2D eigenvalue weighted by molar-refractivity contribution is 7.47. The first kappa shape index (κ1) is 51.7. The molecule has 0 aromatic carbocycles. The topological polar surface area (TPSA) is 108 Å². The summed E-state index contributed by atoms with van der Waals surface area (Å²) in [6.07, 6.45) is 42.7. The molecule has 1 unspecified atom stereocenters. The summed E-state index contributed by atoms with van der Waals surface area (Å²) in [7, 11) is 1.43. The fraction of sp³-hybridized carbons (Fsp3) is 0.727. The van der Waals surface area contributed by atoms with Crippen molar-refractivity contribution in [1.29, 1.82) is 0 Å². The summed E-state index contributed by atoms with van der Waals surface area (Å²) in [4.78, 5) is 35.3. The first-order valence-electron chi connectivity index (χ1n) is 21.0. The summed E-state index contributed by atoms with van der Waals surface area (Å²) in [5.41, 5.74) is 0. The van der Waals surface area contributed by atoms with Gasteiger partial charge in [-0.3, -0.25) is 18.6 Å². The molecule has 0 heterocycles. The number of esters is 2. The van der Waals surface area contributed by atoms with Crippen LogP contribution < -0.4 is 0 Å². The molecule has 2 atom stereocenters. The van der Waals surface area contributed by atoms with Crippen molar-refractivity contribution in [2.45, 2.75) is 161 Å². The Morgan fingerprint density at radius 3 is 1.59 bits per heavy atom. The normalized spacial score (nSPS) is 14.3. The molecule has 0 aromatic rings. The fourth-order valence-electron chi connectivity index (χ4n) is 5.18. The molecule has 0 amide bonds. The van der Waals surface area contributed by atoms with Crippen molar-refractivity contribution in [3.8, 4) is 0 Å². The molecule has 0 fully saturated rings. The summed E-state index contributed by atoms with van der Waals surface area (Å²) in [5, 5.41) is 0. The number of nitrogens with zero attached hydrogens (tertiary/aromatic N) is 1. The van der Waals surface area contributed by atoms with Crippen LogP contribution in [0.5, 0.6) is 0 Å². The predicted molar refractivity (Wildman–Crippen MR) is 224 cm³/mol. The Bertz CT molecular complexity index is 1110. The average molecular weight is 781 g/mol. The lowest BCUT2D eigenvalue weighted by Gasteiger charge is -2.24. The molecule has 9 nitrogen and oxygen atoms in total. The van der Waals surface area contributed by atoms with Crippen molar-refractivity contribution < 1.29 is 42.1 Å². The van der Waals surface area contributed by atoms with Crippen LogP contribution in [0.25, 0.3) is 0 Å². The summed E-state index contributed by atoms with van der Waals surface area (Å²) < 4.78 is 34.2. The van der Waals surface area contributed by atoms with Gasteiger partial charge in [0.2, 0.25) is 0 Å². The monoisotopic (exact) mass is 781 g/mol. The zero-order valence-corrected chi connectivity index (χ0v) is 35.8. The van der Waals surface area contributed by atoms with Crippen LogP contribution in [0, 0.1) is 0 Å². The highest BCUT2D eigenvalue weighted by atomic mass is 31.2. The molecule has 1 N–H and O–H groups in total. The maximum absolute atomic E-state index is 12.6. The number of hydrogen-bond donors (Lipinski definition) is 1. The third-order valence-electron chi connectivity index (χ3n) is 8.52. The van der Waals surface area contributed by atoms with E-state index in [1.54, 1.807) is 0 Å². The Balaban J connectivity index is 4.50. The van der Waals surface area contributed by atoms with Crippen molar-refractivity contribution in [3.05, 3.63) is 60.8 Å². The van der Waals surface area contributed by atoms with E-state index in [2.05, 4.69) is 74.6 Å². The molecule has 0 aliphatic heterocycles. The Morgan fingerprint density at radius 2 is 1.02 bits per heavy atom. The second-order valence-electron chi connectivity index (χ2n) is 15.0. The number of rotatable bonds is 37. The minimum absolute atomic E-state index is 0.0193. The number of allylic oxidation sites excluding steroid dienone is 10. The number of unbranched alkanes of at least 4 members (excludes halogenated alkanes) is 13. The molecular formula is C44H79NO8P+. The SMILES string of the molecule is CCCCC/C=C/C/C=C/C/C=C/C/C=C/CCCC(=O)OC[C@H](COP(=O)(O)OCC[N+](C)(C)C)OC(=O)CCCCCCC/C=C/CCCCCC. The van der Waals surface area contributed by atoms with Crippen LogP contribution in [-0.2, 0) is 32.7 Å². The molecule has 54 heavy (non-hydrogen) atoms. The van der Waals surface area contributed by atoms with Crippen molar-refractivity contribution in [2.75, 3.05) is 47.5 Å². The first-order chi connectivity index (χ1) is 26.0. The van der Waals surface area contributed by atoms with Crippen LogP contribution in [0.15, 0.2) is 60.8 Å². The van der Waals surface area contributed by atoms with E-state index in [1.165, 1.54) is 57.8 Å². The molecular weight excluding hydrogens is 701 g/mol. The average Bonchev–Trinajstić information content (AvgIpc) is 3.12. The van der Waals surface area contributed by atoms with Gasteiger partial charge in [0.05, 0.1) is 27.7 Å². The van der Waals surface area contributed by atoms with Crippen molar-refractivity contribution in [3.63, 3.8) is 0 Å². The van der Waals surface area contributed by atoms with E-state index in [1.807, 2.05) is 21.1 Å². The zero-order valence-electron chi connectivity index (χ0n) is 34.9. The summed E-state index contributed by atoms with van der Waals surface area (Å²) in [6.45, 7) is 4.28. The Morgan fingerprint density at radius 1 is 0.574 bits per heavy atom. The number of ether oxygens (including phenoxy) is 2. The highest BCUT2D eigenvalue weighted by Crippen LogP contribution is 2.43. The minimum atomic E-state index is -4.39. The van der Waals surface area contributed by atoms with E-state index >= 15 is 0 Å². The molecule has 0 aromatic heterocycles. The van der Waals surface area contributed by atoms with Gasteiger partial charge >= 0.3 is 19.8 Å². The van der Waals surface area contributed by atoms with Gasteiger partial charge < -0.3 is 18.9 Å². The Labute approximate surface area is 330 Å². The molecule has 0 saturated heterocycles. The smallest absolute Gasteiger partial charge is 0.462 e. The zero-order chi connectivity index (χ0) is 40.0. The third-order valence-corrected chi connectivity index (χ3v) is 9.50. The molecule has 10 heteroatoms. The summed E-state index contributed by atoms with van der Waals surface area (Å²) in [6, 6.07) is 0. The van der Waals surface area contributed by atoms with E-state index in [9.17, 15) is 19.0 Å². The van der Waals surface area contributed by atoms with Crippen molar-refractivity contribution >= 4 is 19.8 Å². The van der Waals surface area contributed by atoms with Gasteiger partial charge in [-0.1, -0.05) is 126 Å². The van der Waals surface area contributed by atoms with Gasteiger partial charge in [-0.2, -0.15) is 0 Å². The second kappa shape index (κ2) is 36.4. The largest absolute Gasteiger partial charge is 0.472 e. The lowest BCUT2D eigenvalue weighted by molar-refractivity contribution is -0.870. The molecule has 0 saturated carbocycles. The maximum Gasteiger partial charge on any atom is 0.472 e. The van der Waals surface area contributed by atoms with E-state index in [0.29, 0.717) is 23.9 Å². The van der Waals surface area contributed by atoms with Crippen LogP contribution in [0.1, 0.15) is 155 Å². The molecule has 0 radical (unpaired) electrons. The molecule has 0 rings (SSSR count). The molecule has 0 bridgehead atoms. The highest BCUT2D eigenvalue weighted by Gasteiger charge is 2.27. The quantitative estimate of drug-likeness (QED) is 0.0218. The van der Waals surface area contributed by atoms with Crippen LogP contribution in [0.3, 0.4) is 0 Å². The number of carbonyl (C=O) groups is 2. The maximum atomic E-state index is 12.6. The number of phosphoric acid groups is 1. The van der Waals surface area contributed by atoms with Crippen molar-refractivity contribution in [1.82, 2.24) is 0 Å². The van der Waals surface area contributed by atoms with Gasteiger partial charge in [-0.05, 0) is 77.0 Å². The first-order valence-corrected chi connectivity index (χ1v) is 22.5. The third kappa shape index (κ3) is 39.4. The van der Waals surface area contributed by atoms with E-state index < -0.39 is 32.5 Å². The van der Waals surface area contributed by atoms with Gasteiger partial charge in [0.15, 0.2) is 6.10 Å². The lowest BCUT2D eigenvalue weighted by atomic mass is 10.1. The summed E-state index contributed by atoms with van der Waals surface area (Å²) in [5.74, 6) is -0.880. The van der Waals surface area contributed by atoms with Crippen LogP contribution in [0.2, 0.25) is 0 Å². The minimum Gasteiger partial charge on any atom is -0.462 e. The van der Waals surface area contributed by atoms with Gasteiger partial charge in [0, 0.05) is 12.8 Å². The van der Waals surface area contributed by atoms with Crippen LogP contribution in [-0.4, -0.2) is 74.9 Å². The molecule has 0 aliphatic carbocycles. The molecule has 312 valence electrons. The number of likely N-dealkylation sites (N-methyl/N-ethyl adjacent to an activating group) is 1. The number of quaternary nitrogens is 1. The predicted octanol–water partition coefficient (Wildman–Crippen LogP) is 11.7. The van der Waals surface area contributed by atoms with Gasteiger partial charge in [-0.25, -0.2) is 4.57 Å². The molecule has 0 spiro atoms. The Hall–Kier alpha value is -2.29. The van der Waals surface area contributed by atoms with Crippen molar-refractivity contribution in [2.24, 2.45) is 0 Å². The number of carbonyl (C=O) groups excluding carboxylic acids is 2. The van der Waals surface area contributed by atoms with E-state index in [0.717, 1.165) is 57.8 Å². The second-order valence-corrected chi connectivity index (χ2v) is 16.5. The van der Waals surface area contributed by atoms with Gasteiger partial charge in [0.25, 0.3) is 0 Å². The Kier molecular flexibility index (Phi) is 34.8. The standard InChI is InChI=1S/C44H78NO8P/c1-6-8-10-12-14-16-18-20-21-22-23-25-26-28-30-32-34-36-43(46)50-40-42(41-52-54(48,49)51-39-38-45(3,4)5)53-44(47)37-35-33-31-29-27-24-19-17-15-13-11-9-7-2/h14,16-17,19-21,23,25,28,30,42H,6-13,15,18,22,24,26-27,29,31-41H2,1-5H3/p+1/b16-14+,19-17+,21-20+,25-23+,30-28+/t42-/m1/s1. The van der Waals surface area contributed by atoms with Gasteiger partial charge in [-0.15, -0.1) is 0 Å². The summed E-state index contributed by atoms with van der Waals surface area (Å²) >= 11 is 0. The van der Waals surface area contributed by atoms with E-state index in [-0.39, 0.29) is 26.1 Å². The number of phosphoric ester groups is 1. The van der Waals surface area contributed by atoms with Crippen LogP contribution >= 0.6 is 7.82 Å². The van der Waals surface area contributed by atoms with Crippen LogP contribution in [0.4, 0.5) is 0 Å². The lowest BCUT2D eigenvalue weighted by Crippen LogP contribution is -2.37. The van der Waals surface area contributed by atoms with E-state index in [4.69, 9.17) is 18.5 Å².